The van der Waals surface area contributed by atoms with Crippen LogP contribution in [0.4, 0.5) is 4.39 Å². The normalized spacial score (nSPS) is 23.3. The summed E-state index contributed by atoms with van der Waals surface area (Å²) in [5.41, 5.74) is 6.59. The summed E-state index contributed by atoms with van der Waals surface area (Å²) in [5.74, 6) is 1.06. The topological polar surface area (TPSA) is 41.6 Å². The summed E-state index contributed by atoms with van der Waals surface area (Å²) in [5, 5.41) is 0. The van der Waals surface area contributed by atoms with Gasteiger partial charge in [0, 0.05) is 16.6 Å². The molecule has 1 heterocycles. The van der Waals surface area contributed by atoms with Crippen LogP contribution < -0.4 is 5.73 Å². The lowest BCUT2D eigenvalue weighted by Gasteiger charge is -2.27. The highest BCUT2D eigenvalue weighted by molar-refractivity contribution is 9.10. The molecule has 0 saturated heterocycles. The summed E-state index contributed by atoms with van der Waals surface area (Å²) in [6, 6.07) is 4.98. The van der Waals surface area contributed by atoms with Crippen LogP contribution in [0.2, 0.25) is 0 Å². The van der Waals surface area contributed by atoms with Crippen molar-refractivity contribution in [3.05, 3.63) is 34.1 Å². The average molecular weight is 312 g/mol. The van der Waals surface area contributed by atoms with Crippen molar-refractivity contribution in [2.75, 3.05) is 13.1 Å². The van der Waals surface area contributed by atoms with E-state index >= 15 is 0 Å². The fraction of sp³-hybridized carbons (Fsp3) is 0.462. The maximum absolute atomic E-state index is 13.9. The first-order chi connectivity index (χ1) is 8.65. The molecule has 1 aliphatic carbocycles. The molecule has 1 aliphatic heterocycles. The van der Waals surface area contributed by atoms with Crippen molar-refractivity contribution in [3.63, 3.8) is 0 Å². The lowest BCUT2D eigenvalue weighted by Crippen LogP contribution is -2.37. The lowest BCUT2D eigenvalue weighted by molar-refractivity contribution is 0.326. The van der Waals surface area contributed by atoms with Gasteiger partial charge in [0.2, 0.25) is 0 Å². The van der Waals surface area contributed by atoms with Gasteiger partial charge in [0.25, 0.3) is 0 Å². The summed E-state index contributed by atoms with van der Waals surface area (Å²) < 4.78 is 14.8. The molecular formula is C13H15BrFN3. The van der Waals surface area contributed by atoms with E-state index in [1.54, 1.807) is 6.07 Å². The third kappa shape index (κ3) is 2.23. The van der Waals surface area contributed by atoms with Crippen LogP contribution >= 0.6 is 15.9 Å². The summed E-state index contributed by atoms with van der Waals surface area (Å²) in [4.78, 5) is 6.31. The number of nitrogens with two attached hydrogens (primary N) is 1. The van der Waals surface area contributed by atoms with E-state index in [2.05, 4.69) is 20.9 Å². The molecule has 0 radical (unpaired) electrons. The molecule has 1 aromatic carbocycles. The van der Waals surface area contributed by atoms with Gasteiger partial charge in [-0.15, -0.1) is 0 Å². The van der Waals surface area contributed by atoms with Gasteiger partial charge in [-0.2, -0.15) is 0 Å². The number of halogens is 2. The van der Waals surface area contributed by atoms with Gasteiger partial charge in [0.15, 0.2) is 5.96 Å². The van der Waals surface area contributed by atoms with E-state index in [1.807, 2.05) is 11.0 Å². The zero-order valence-electron chi connectivity index (χ0n) is 9.94. The van der Waals surface area contributed by atoms with Gasteiger partial charge in [-0.3, -0.25) is 4.99 Å². The Morgan fingerprint density at radius 3 is 2.94 bits per heavy atom. The van der Waals surface area contributed by atoms with Crippen molar-refractivity contribution < 1.29 is 4.39 Å². The van der Waals surface area contributed by atoms with E-state index in [9.17, 15) is 4.39 Å². The smallest absolute Gasteiger partial charge is 0.191 e. The first-order valence-corrected chi connectivity index (χ1v) is 6.96. The van der Waals surface area contributed by atoms with Crippen molar-refractivity contribution in [1.82, 2.24) is 4.90 Å². The minimum absolute atomic E-state index is 0.0527. The van der Waals surface area contributed by atoms with E-state index in [4.69, 9.17) is 5.73 Å². The van der Waals surface area contributed by atoms with Crippen LogP contribution in [-0.4, -0.2) is 23.9 Å². The van der Waals surface area contributed by atoms with E-state index in [-0.39, 0.29) is 11.9 Å². The first-order valence-electron chi connectivity index (χ1n) is 6.16. The second kappa shape index (κ2) is 4.53. The van der Waals surface area contributed by atoms with Crippen LogP contribution in [-0.2, 0) is 0 Å². The maximum atomic E-state index is 13.9. The summed E-state index contributed by atoms with van der Waals surface area (Å²) in [7, 11) is 0. The molecule has 1 fully saturated rings. The molecular weight excluding hydrogens is 297 g/mol. The second-order valence-electron chi connectivity index (χ2n) is 4.98. The molecule has 3 rings (SSSR count). The fourth-order valence-electron chi connectivity index (χ4n) is 2.36. The zero-order chi connectivity index (χ0) is 12.7. The molecule has 0 amide bonds. The Morgan fingerprint density at radius 2 is 2.22 bits per heavy atom. The highest BCUT2D eigenvalue weighted by Crippen LogP contribution is 2.35. The molecule has 2 aliphatic rings. The first kappa shape index (κ1) is 12.0. The SMILES string of the molecule is NC1=NCC(c2cc(Br)ccc2F)N1CC1CC1. The van der Waals surface area contributed by atoms with Crippen molar-refractivity contribution in [3.8, 4) is 0 Å². The Hall–Kier alpha value is -1.10. The quantitative estimate of drug-likeness (QED) is 0.932. The standard InChI is InChI=1S/C13H15BrFN3/c14-9-3-4-11(15)10(5-9)12-6-17-13(16)18(12)7-8-1-2-8/h3-5,8,12H,1-2,6-7H2,(H2,16,17). The monoisotopic (exact) mass is 311 g/mol. The van der Waals surface area contributed by atoms with Crippen LogP contribution in [0.25, 0.3) is 0 Å². The number of aliphatic imine (C=N–C) groups is 1. The second-order valence-corrected chi connectivity index (χ2v) is 5.89. The molecule has 1 unspecified atom stereocenters. The van der Waals surface area contributed by atoms with E-state index in [0.717, 1.165) is 11.0 Å². The molecule has 1 aromatic rings. The lowest BCUT2D eigenvalue weighted by atomic mass is 10.1. The molecule has 5 heteroatoms. The number of nitrogens with zero attached hydrogens (tertiary/aromatic N) is 2. The molecule has 1 atom stereocenters. The number of benzene rings is 1. The van der Waals surface area contributed by atoms with Gasteiger partial charge >= 0.3 is 0 Å². The number of rotatable bonds is 3. The molecule has 0 aromatic heterocycles. The zero-order valence-corrected chi connectivity index (χ0v) is 11.5. The van der Waals surface area contributed by atoms with Gasteiger partial charge in [-0.05, 0) is 37.0 Å². The Morgan fingerprint density at radius 1 is 1.44 bits per heavy atom. The van der Waals surface area contributed by atoms with Crippen LogP contribution in [0, 0.1) is 11.7 Å². The van der Waals surface area contributed by atoms with Crippen LogP contribution in [0.1, 0.15) is 24.4 Å². The van der Waals surface area contributed by atoms with E-state index < -0.39 is 0 Å². The molecule has 1 saturated carbocycles. The Balaban J connectivity index is 1.88. The van der Waals surface area contributed by atoms with Gasteiger partial charge in [-0.25, -0.2) is 4.39 Å². The molecule has 0 bridgehead atoms. The van der Waals surface area contributed by atoms with Crippen molar-refractivity contribution in [1.29, 1.82) is 0 Å². The van der Waals surface area contributed by atoms with Crippen molar-refractivity contribution in [2.45, 2.75) is 18.9 Å². The van der Waals surface area contributed by atoms with E-state index in [0.29, 0.717) is 24.0 Å². The Labute approximate surface area is 114 Å². The third-order valence-electron chi connectivity index (χ3n) is 3.57. The Bertz CT molecular complexity index is 499. The minimum atomic E-state index is -0.186. The molecule has 0 spiro atoms. The average Bonchev–Trinajstić information content (AvgIpc) is 3.09. The highest BCUT2D eigenvalue weighted by Gasteiger charge is 2.34. The van der Waals surface area contributed by atoms with Gasteiger partial charge in [0.1, 0.15) is 5.82 Å². The maximum Gasteiger partial charge on any atom is 0.191 e. The van der Waals surface area contributed by atoms with Crippen molar-refractivity contribution in [2.24, 2.45) is 16.6 Å². The molecule has 3 nitrogen and oxygen atoms in total. The minimum Gasteiger partial charge on any atom is -0.370 e. The highest BCUT2D eigenvalue weighted by atomic mass is 79.9. The summed E-state index contributed by atoms with van der Waals surface area (Å²) >= 11 is 3.39. The number of hydrogen-bond acceptors (Lipinski definition) is 3. The molecule has 2 N–H and O–H groups in total. The number of guanidine groups is 1. The third-order valence-corrected chi connectivity index (χ3v) is 4.06. The largest absolute Gasteiger partial charge is 0.370 e. The van der Waals surface area contributed by atoms with Crippen LogP contribution in [0.3, 0.4) is 0 Å². The number of hydrogen-bond donors (Lipinski definition) is 1. The van der Waals surface area contributed by atoms with E-state index in [1.165, 1.54) is 18.9 Å². The van der Waals surface area contributed by atoms with Crippen LogP contribution in [0.5, 0.6) is 0 Å². The fourth-order valence-corrected chi connectivity index (χ4v) is 2.74. The molecule has 18 heavy (non-hydrogen) atoms. The Kier molecular flexibility index (Phi) is 3.01. The summed E-state index contributed by atoms with van der Waals surface area (Å²) in [6.45, 7) is 1.44. The predicted molar refractivity (Wildman–Crippen MR) is 72.8 cm³/mol. The summed E-state index contributed by atoms with van der Waals surface area (Å²) in [6.07, 6.45) is 2.49. The van der Waals surface area contributed by atoms with Crippen LogP contribution in [0.15, 0.2) is 27.7 Å². The van der Waals surface area contributed by atoms with Gasteiger partial charge in [0.05, 0.1) is 12.6 Å². The predicted octanol–water partition coefficient (Wildman–Crippen LogP) is 2.67. The van der Waals surface area contributed by atoms with Crippen molar-refractivity contribution >= 4 is 21.9 Å². The van der Waals surface area contributed by atoms with Gasteiger partial charge < -0.3 is 10.6 Å². The molecule has 96 valence electrons. The van der Waals surface area contributed by atoms with Gasteiger partial charge in [-0.1, -0.05) is 15.9 Å².